The minimum absolute atomic E-state index is 0.237. The zero-order chi connectivity index (χ0) is 23.2. The van der Waals surface area contributed by atoms with E-state index in [-0.39, 0.29) is 11.4 Å². The van der Waals surface area contributed by atoms with E-state index in [9.17, 15) is 25.0 Å². The third-order valence-corrected chi connectivity index (χ3v) is 6.02. The van der Waals surface area contributed by atoms with Gasteiger partial charge in [0.05, 0.1) is 42.4 Å². The van der Waals surface area contributed by atoms with Crippen LogP contribution in [0.25, 0.3) is 15.3 Å². The number of nitrogens with zero attached hydrogens (tertiary/aromatic N) is 5. The Hall–Kier alpha value is -3.90. The van der Waals surface area contributed by atoms with E-state index in [0.717, 1.165) is 28.5 Å². The Labute approximate surface area is 188 Å². The maximum atomic E-state index is 12.8. The van der Waals surface area contributed by atoms with Gasteiger partial charge >= 0.3 is 0 Å². The van der Waals surface area contributed by atoms with Gasteiger partial charge in [-0.25, -0.2) is 4.98 Å². The van der Waals surface area contributed by atoms with Crippen molar-refractivity contribution in [1.29, 1.82) is 0 Å². The number of carbonyl (C=O) groups excluding carboxylic acids is 1. The van der Waals surface area contributed by atoms with E-state index in [4.69, 9.17) is 11.6 Å². The van der Waals surface area contributed by atoms with Crippen LogP contribution >= 0.6 is 22.9 Å². The molecule has 0 saturated heterocycles. The summed E-state index contributed by atoms with van der Waals surface area (Å²) in [7, 11) is 0. The second kappa shape index (κ2) is 7.98. The molecule has 0 bridgehead atoms. The molecule has 0 saturated carbocycles. The van der Waals surface area contributed by atoms with Crippen LogP contribution in [0.4, 0.5) is 17.2 Å². The molecule has 0 unspecified atom stereocenters. The molecule has 4 aromatic rings. The average molecular weight is 473 g/mol. The predicted molar refractivity (Wildman–Crippen MR) is 119 cm³/mol. The Balaban J connectivity index is 1.74. The molecular formula is C19H13ClN6O5S. The van der Waals surface area contributed by atoms with Gasteiger partial charge in [0, 0.05) is 18.2 Å². The first kappa shape index (κ1) is 21.3. The molecule has 0 aliphatic heterocycles. The first-order chi connectivity index (χ1) is 15.1. The largest absolute Gasteiger partial charge is 0.306 e. The van der Waals surface area contributed by atoms with Crippen LogP contribution in [0.2, 0.25) is 5.02 Å². The number of thiazole rings is 1. The van der Waals surface area contributed by atoms with E-state index in [2.05, 4.69) is 15.4 Å². The van der Waals surface area contributed by atoms with Crippen LogP contribution in [-0.4, -0.2) is 30.5 Å². The van der Waals surface area contributed by atoms with Crippen LogP contribution in [0.3, 0.4) is 0 Å². The van der Waals surface area contributed by atoms with Crippen LogP contribution in [0.1, 0.15) is 21.6 Å². The number of halogens is 1. The van der Waals surface area contributed by atoms with Gasteiger partial charge in [0.1, 0.15) is 5.82 Å². The fourth-order valence-corrected chi connectivity index (χ4v) is 4.32. The molecule has 0 aliphatic carbocycles. The summed E-state index contributed by atoms with van der Waals surface area (Å²) >= 11 is 7.56. The second-order valence-electron chi connectivity index (χ2n) is 6.83. The number of aryl methyl sites for hydroxylation is 2. The minimum atomic E-state index is -0.800. The van der Waals surface area contributed by atoms with Crippen LogP contribution in [-0.2, 0) is 0 Å². The van der Waals surface area contributed by atoms with Gasteiger partial charge in [0.2, 0.25) is 5.13 Å². The summed E-state index contributed by atoms with van der Waals surface area (Å²) < 4.78 is 2.18. The van der Waals surface area contributed by atoms with Crippen molar-refractivity contribution < 1.29 is 14.6 Å². The molecule has 1 amide bonds. The number of nitro benzene ring substituents is 2. The number of hydrogen-bond donors (Lipinski definition) is 1. The maximum Gasteiger partial charge on any atom is 0.277 e. The van der Waals surface area contributed by atoms with Gasteiger partial charge in [0.15, 0.2) is 0 Å². The first-order valence-electron chi connectivity index (χ1n) is 9.02. The van der Waals surface area contributed by atoms with E-state index in [1.54, 1.807) is 19.1 Å². The first-order valence-corrected chi connectivity index (χ1v) is 10.2. The fourth-order valence-electron chi connectivity index (χ4n) is 3.04. The van der Waals surface area contributed by atoms with Crippen molar-refractivity contribution in [3.8, 4) is 5.13 Å². The van der Waals surface area contributed by atoms with E-state index in [1.807, 2.05) is 13.0 Å². The number of fused-ring (bicyclic) bond motifs is 1. The minimum Gasteiger partial charge on any atom is -0.306 e. The number of benzene rings is 2. The smallest absolute Gasteiger partial charge is 0.277 e. The number of carbonyl (C=O) groups is 1. The number of anilines is 1. The molecule has 0 spiro atoms. The van der Waals surface area contributed by atoms with Crippen molar-refractivity contribution in [2.75, 3.05) is 5.32 Å². The molecule has 162 valence electrons. The van der Waals surface area contributed by atoms with Crippen LogP contribution in [0.5, 0.6) is 0 Å². The lowest BCUT2D eigenvalue weighted by molar-refractivity contribution is -0.394. The van der Waals surface area contributed by atoms with Crippen LogP contribution < -0.4 is 5.32 Å². The Morgan fingerprint density at radius 2 is 1.75 bits per heavy atom. The number of nitrogens with one attached hydrogen (secondary N) is 1. The van der Waals surface area contributed by atoms with E-state index in [0.29, 0.717) is 21.4 Å². The second-order valence-corrected chi connectivity index (χ2v) is 8.21. The van der Waals surface area contributed by atoms with E-state index < -0.39 is 27.1 Å². The summed E-state index contributed by atoms with van der Waals surface area (Å²) in [6.45, 7) is 3.62. The van der Waals surface area contributed by atoms with E-state index in [1.165, 1.54) is 16.0 Å². The van der Waals surface area contributed by atoms with Gasteiger partial charge in [-0.05, 0) is 25.5 Å². The molecule has 11 nitrogen and oxygen atoms in total. The Kier molecular flexibility index (Phi) is 5.32. The standard InChI is InChI=1S/C19H13ClN6O5S/c1-9-3-4-14(20)17-16(9)22-19(32-17)24-15(5-10(2)23-24)21-18(27)11-6-12(25(28)29)8-13(7-11)26(30)31/h3-8H,1-2H3,(H,21,27). The van der Waals surface area contributed by atoms with Crippen molar-refractivity contribution >= 4 is 56.3 Å². The number of rotatable bonds is 5. The monoisotopic (exact) mass is 472 g/mol. The molecular weight excluding hydrogens is 460 g/mol. The highest BCUT2D eigenvalue weighted by Gasteiger charge is 2.22. The van der Waals surface area contributed by atoms with Crippen molar-refractivity contribution in [3.05, 3.63) is 78.5 Å². The SMILES string of the molecule is Cc1cc(NC(=O)c2cc([N+](=O)[O-])cc([N+](=O)[O-])c2)n(-c2nc3c(C)ccc(Cl)c3s2)n1. The molecule has 2 aromatic carbocycles. The number of aromatic nitrogens is 3. The Morgan fingerprint density at radius 3 is 2.34 bits per heavy atom. The summed E-state index contributed by atoms with van der Waals surface area (Å²) in [4.78, 5) is 38.0. The highest BCUT2D eigenvalue weighted by Crippen LogP contribution is 2.34. The number of amides is 1. The zero-order valence-corrected chi connectivity index (χ0v) is 18.1. The molecule has 4 rings (SSSR count). The summed E-state index contributed by atoms with van der Waals surface area (Å²) in [6, 6.07) is 7.93. The highest BCUT2D eigenvalue weighted by atomic mass is 35.5. The van der Waals surface area contributed by atoms with Gasteiger partial charge in [-0.15, -0.1) is 0 Å². The quantitative estimate of drug-likeness (QED) is 0.323. The molecule has 2 heterocycles. The zero-order valence-electron chi connectivity index (χ0n) is 16.5. The van der Waals surface area contributed by atoms with Gasteiger partial charge < -0.3 is 5.32 Å². The fraction of sp³-hybridized carbons (Fsp3) is 0.105. The maximum absolute atomic E-state index is 12.8. The third-order valence-electron chi connectivity index (χ3n) is 4.53. The van der Waals surface area contributed by atoms with Gasteiger partial charge in [-0.3, -0.25) is 25.0 Å². The highest BCUT2D eigenvalue weighted by molar-refractivity contribution is 7.21. The summed E-state index contributed by atoms with van der Waals surface area (Å²) in [5.41, 5.74) is 0.838. The normalized spacial score (nSPS) is 11.0. The van der Waals surface area contributed by atoms with Crippen molar-refractivity contribution in [3.63, 3.8) is 0 Å². The lowest BCUT2D eigenvalue weighted by Crippen LogP contribution is -2.15. The lowest BCUT2D eigenvalue weighted by Gasteiger charge is -2.06. The molecule has 13 heteroatoms. The molecule has 0 atom stereocenters. The molecule has 2 aromatic heterocycles. The number of non-ortho nitro benzene ring substituents is 2. The lowest BCUT2D eigenvalue weighted by atomic mass is 10.1. The Morgan fingerprint density at radius 1 is 1.09 bits per heavy atom. The van der Waals surface area contributed by atoms with E-state index >= 15 is 0 Å². The van der Waals surface area contributed by atoms with Crippen molar-refractivity contribution in [2.24, 2.45) is 0 Å². The summed E-state index contributed by atoms with van der Waals surface area (Å²) in [5.74, 6) is -0.525. The van der Waals surface area contributed by atoms with Gasteiger partial charge in [0.25, 0.3) is 17.3 Å². The third kappa shape index (κ3) is 3.88. The average Bonchev–Trinajstić information content (AvgIpc) is 3.34. The number of nitro groups is 2. The Bertz CT molecular complexity index is 1360. The topological polar surface area (TPSA) is 146 Å². The molecule has 0 radical (unpaired) electrons. The van der Waals surface area contributed by atoms with Crippen LogP contribution in [0, 0.1) is 34.1 Å². The van der Waals surface area contributed by atoms with Crippen molar-refractivity contribution in [1.82, 2.24) is 14.8 Å². The van der Waals surface area contributed by atoms with Crippen LogP contribution in [0.15, 0.2) is 36.4 Å². The summed E-state index contributed by atoms with van der Waals surface area (Å²) in [5, 5.41) is 30.2. The van der Waals surface area contributed by atoms with Gasteiger partial charge in [-0.1, -0.05) is 29.0 Å². The molecule has 1 N–H and O–H groups in total. The summed E-state index contributed by atoms with van der Waals surface area (Å²) in [6.07, 6.45) is 0. The number of hydrogen-bond acceptors (Lipinski definition) is 8. The van der Waals surface area contributed by atoms with Gasteiger partial charge in [-0.2, -0.15) is 9.78 Å². The molecule has 32 heavy (non-hydrogen) atoms. The molecule has 0 aliphatic rings. The van der Waals surface area contributed by atoms with Crippen molar-refractivity contribution in [2.45, 2.75) is 13.8 Å². The molecule has 0 fully saturated rings. The predicted octanol–water partition coefficient (Wildman–Crippen LogP) is 4.82.